The third kappa shape index (κ3) is 3.29. The molecule has 2 rings (SSSR count). The van der Waals surface area contributed by atoms with Crippen LogP contribution in [0.2, 0.25) is 0 Å². The number of rotatable bonds is 5. The van der Waals surface area contributed by atoms with Crippen LogP contribution in [0.4, 0.5) is 0 Å². The van der Waals surface area contributed by atoms with E-state index in [-0.39, 0.29) is 0 Å². The summed E-state index contributed by atoms with van der Waals surface area (Å²) in [5, 5.41) is 7.38. The molecule has 1 N–H and O–H groups in total. The van der Waals surface area contributed by atoms with E-state index in [1.807, 2.05) is 14.0 Å². The van der Waals surface area contributed by atoms with Gasteiger partial charge >= 0.3 is 0 Å². The topological polar surface area (TPSA) is 60.2 Å². The van der Waals surface area contributed by atoms with Crippen molar-refractivity contribution in [3.05, 3.63) is 11.7 Å². The quantitative estimate of drug-likeness (QED) is 0.815. The van der Waals surface area contributed by atoms with Gasteiger partial charge in [0.25, 0.3) is 0 Å². The number of nitrogens with zero attached hydrogens (tertiary/aromatic N) is 2. The zero-order chi connectivity index (χ0) is 12.8. The molecule has 18 heavy (non-hydrogen) atoms. The lowest BCUT2D eigenvalue weighted by Crippen LogP contribution is -2.31. The molecule has 0 aromatic carbocycles. The Morgan fingerprint density at radius 3 is 2.94 bits per heavy atom. The molecule has 0 bridgehead atoms. The van der Waals surface area contributed by atoms with Crippen molar-refractivity contribution in [2.24, 2.45) is 0 Å². The summed E-state index contributed by atoms with van der Waals surface area (Å²) in [6, 6.07) is 0.452. The number of ether oxygens (including phenoxy) is 1. The van der Waals surface area contributed by atoms with E-state index in [1.165, 1.54) is 25.7 Å². The summed E-state index contributed by atoms with van der Waals surface area (Å²) in [6.45, 7) is 3.08. The molecule has 1 aliphatic carbocycles. The third-order valence-corrected chi connectivity index (χ3v) is 3.62. The minimum Gasteiger partial charge on any atom is -0.374 e. The number of hydrogen-bond acceptors (Lipinski definition) is 5. The highest BCUT2D eigenvalue weighted by Gasteiger charge is 2.28. The van der Waals surface area contributed by atoms with Gasteiger partial charge in [0.2, 0.25) is 5.89 Å². The van der Waals surface area contributed by atoms with Gasteiger partial charge in [0.1, 0.15) is 6.61 Å². The smallest absolute Gasteiger partial charge is 0.231 e. The van der Waals surface area contributed by atoms with Crippen LogP contribution < -0.4 is 5.32 Å². The molecule has 1 heterocycles. The first-order chi connectivity index (χ1) is 8.85. The fraction of sp³-hybridized carbons (Fsp3) is 0.846. The summed E-state index contributed by atoms with van der Waals surface area (Å²) in [5.74, 6) is 1.78. The van der Waals surface area contributed by atoms with Gasteiger partial charge in [-0.3, -0.25) is 0 Å². The second kappa shape index (κ2) is 6.85. The van der Waals surface area contributed by atoms with Crippen molar-refractivity contribution in [2.75, 3.05) is 13.7 Å². The third-order valence-electron chi connectivity index (χ3n) is 3.62. The Morgan fingerprint density at radius 1 is 1.33 bits per heavy atom. The number of hydrogen-bond donors (Lipinski definition) is 1. The van der Waals surface area contributed by atoms with Gasteiger partial charge in [-0.15, -0.1) is 0 Å². The highest BCUT2D eigenvalue weighted by atomic mass is 16.5. The molecule has 102 valence electrons. The van der Waals surface area contributed by atoms with Crippen LogP contribution in [0.3, 0.4) is 0 Å². The summed E-state index contributed by atoms with van der Waals surface area (Å²) in [4.78, 5) is 4.47. The fourth-order valence-electron chi connectivity index (χ4n) is 2.62. The minimum absolute atomic E-state index is 0.348. The molecule has 5 nitrogen and oxygen atoms in total. The lowest BCUT2D eigenvalue weighted by Gasteiger charge is -2.20. The Kier molecular flexibility index (Phi) is 5.13. The Labute approximate surface area is 108 Å². The molecule has 1 aliphatic rings. The molecule has 0 amide bonds. The summed E-state index contributed by atoms with van der Waals surface area (Å²) in [5.41, 5.74) is 0. The van der Waals surface area contributed by atoms with Crippen molar-refractivity contribution in [3.63, 3.8) is 0 Å². The van der Waals surface area contributed by atoms with Crippen molar-refractivity contribution < 1.29 is 9.26 Å². The molecule has 2 atom stereocenters. The van der Waals surface area contributed by atoms with Crippen LogP contribution in [-0.4, -0.2) is 29.8 Å². The summed E-state index contributed by atoms with van der Waals surface area (Å²) in [7, 11) is 2.01. The van der Waals surface area contributed by atoms with E-state index in [4.69, 9.17) is 9.26 Å². The lowest BCUT2D eigenvalue weighted by molar-refractivity contribution is 0.126. The zero-order valence-electron chi connectivity index (χ0n) is 11.3. The Morgan fingerprint density at radius 2 is 2.17 bits per heavy atom. The first-order valence-electron chi connectivity index (χ1n) is 6.92. The Hall–Kier alpha value is -0.940. The fourth-order valence-corrected chi connectivity index (χ4v) is 2.62. The molecule has 1 aromatic rings. The van der Waals surface area contributed by atoms with E-state index in [9.17, 15) is 0 Å². The molecule has 0 aliphatic heterocycles. The van der Waals surface area contributed by atoms with Crippen LogP contribution >= 0.6 is 0 Å². The van der Waals surface area contributed by atoms with Crippen LogP contribution in [-0.2, 0) is 11.3 Å². The maximum Gasteiger partial charge on any atom is 0.231 e. The molecule has 0 saturated heterocycles. The summed E-state index contributed by atoms with van der Waals surface area (Å²) in [6.07, 6.45) is 6.13. The molecule has 0 spiro atoms. The van der Waals surface area contributed by atoms with Crippen LogP contribution in [0.15, 0.2) is 4.52 Å². The molecular weight excluding hydrogens is 230 g/mol. The van der Waals surface area contributed by atoms with Gasteiger partial charge in [0.05, 0.1) is 5.92 Å². The van der Waals surface area contributed by atoms with Crippen molar-refractivity contribution >= 4 is 0 Å². The van der Waals surface area contributed by atoms with Crippen LogP contribution in [0.25, 0.3) is 0 Å². The van der Waals surface area contributed by atoms with Gasteiger partial charge < -0.3 is 14.6 Å². The number of nitrogens with one attached hydrogen (secondary N) is 1. The van der Waals surface area contributed by atoms with E-state index in [0.29, 0.717) is 31.0 Å². The molecule has 0 radical (unpaired) electrons. The maximum absolute atomic E-state index is 5.41. The van der Waals surface area contributed by atoms with E-state index >= 15 is 0 Å². The van der Waals surface area contributed by atoms with Gasteiger partial charge in [0.15, 0.2) is 5.82 Å². The summed E-state index contributed by atoms with van der Waals surface area (Å²) < 4.78 is 10.7. The van der Waals surface area contributed by atoms with Gasteiger partial charge in [-0.2, -0.15) is 4.98 Å². The highest BCUT2D eigenvalue weighted by Crippen LogP contribution is 2.30. The lowest BCUT2D eigenvalue weighted by atomic mass is 9.95. The van der Waals surface area contributed by atoms with Gasteiger partial charge in [0, 0.05) is 12.6 Å². The largest absolute Gasteiger partial charge is 0.374 e. The van der Waals surface area contributed by atoms with Crippen LogP contribution in [0, 0.1) is 0 Å². The average Bonchev–Trinajstić information content (AvgIpc) is 2.73. The first kappa shape index (κ1) is 13.5. The second-order valence-electron chi connectivity index (χ2n) is 4.83. The Balaban J connectivity index is 2.05. The molecule has 1 fully saturated rings. The monoisotopic (exact) mass is 253 g/mol. The standard InChI is InChI=1S/C13H23N3O2/c1-3-17-9-12-15-13(18-16-12)10-7-5-4-6-8-11(10)14-2/h10-11,14H,3-9H2,1-2H3. The molecule has 5 heteroatoms. The predicted molar refractivity (Wildman–Crippen MR) is 68.3 cm³/mol. The van der Waals surface area contributed by atoms with Crippen molar-refractivity contribution in [2.45, 2.75) is 57.6 Å². The van der Waals surface area contributed by atoms with Crippen molar-refractivity contribution in [1.29, 1.82) is 0 Å². The van der Waals surface area contributed by atoms with Crippen LogP contribution in [0.1, 0.15) is 56.7 Å². The molecular formula is C13H23N3O2. The minimum atomic E-state index is 0.348. The predicted octanol–water partition coefficient (Wildman–Crippen LogP) is 2.24. The Bertz CT molecular complexity index is 354. The SMILES string of the molecule is CCOCc1noc(C2CCCCCC2NC)n1. The first-order valence-corrected chi connectivity index (χ1v) is 6.92. The maximum atomic E-state index is 5.41. The second-order valence-corrected chi connectivity index (χ2v) is 4.83. The van der Waals surface area contributed by atoms with E-state index < -0.39 is 0 Å². The average molecular weight is 253 g/mol. The van der Waals surface area contributed by atoms with Crippen LogP contribution in [0.5, 0.6) is 0 Å². The number of aromatic nitrogens is 2. The summed E-state index contributed by atoms with van der Waals surface area (Å²) >= 11 is 0. The van der Waals surface area contributed by atoms with Gasteiger partial charge in [-0.25, -0.2) is 0 Å². The molecule has 1 saturated carbocycles. The van der Waals surface area contributed by atoms with E-state index in [1.54, 1.807) is 0 Å². The highest BCUT2D eigenvalue weighted by molar-refractivity contribution is 5.00. The zero-order valence-corrected chi connectivity index (χ0v) is 11.3. The van der Waals surface area contributed by atoms with Crippen molar-refractivity contribution in [1.82, 2.24) is 15.5 Å². The van der Waals surface area contributed by atoms with Gasteiger partial charge in [-0.05, 0) is 26.8 Å². The van der Waals surface area contributed by atoms with Gasteiger partial charge in [-0.1, -0.05) is 24.4 Å². The van der Waals surface area contributed by atoms with E-state index in [0.717, 1.165) is 12.3 Å². The normalized spacial score (nSPS) is 25.0. The number of likely N-dealkylation sites (N-methyl/N-ethyl adjacent to an activating group) is 1. The molecule has 1 aromatic heterocycles. The van der Waals surface area contributed by atoms with E-state index in [2.05, 4.69) is 15.5 Å². The molecule has 2 unspecified atom stereocenters. The van der Waals surface area contributed by atoms with Crippen molar-refractivity contribution in [3.8, 4) is 0 Å².